The first-order valence-electron chi connectivity index (χ1n) is 4.59. The molecule has 6 nitrogen and oxygen atoms in total. The number of carbonyl (C=O) groups is 3. The molecular weight excluding hydrogens is 288 g/mol. The van der Waals surface area contributed by atoms with Crippen LogP contribution in [0.25, 0.3) is 0 Å². The summed E-state index contributed by atoms with van der Waals surface area (Å²) in [6.07, 6.45) is 0. The van der Waals surface area contributed by atoms with Crippen LogP contribution in [0.4, 0.5) is 0 Å². The maximum Gasteiger partial charge on any atom is 0.330 e. The van der Waals surface area contributed by atoms with E-state index < -0.39 is 17.9 Å². The molecule has 106 valence electrons. The minimum Gasteiger partial charge on any atom is -0.478 e. The molecule has 0 aliphatic rings. The van der Waals surface area contributed by atoms with Crippen LogP contribution in [-0.2, 0) is 36.1 Å². The van der Waals surface area contributed by atoms with Gasteiger partial charge in [-0.2, -0.15) is 0 Å². The monoisotopic (exact) mass is 306 g/mol. The van der Waals surface area contributed by atoms with Gasteiger partial charge in [-0.25, -0.2) is 14.4 Å². The third kappa shape index (κ3) is 31.4. The van der Waals surface area contributed by atoms with Gasteiger partial charge in [0.05, 0.1) is 0 Å². The van der Waals surface area contributed by atoms with E-state index in [1.807, 2.05) is 0 Å². The average molecular weight is 306 g/mol. The predicted octanol–water partition coefficient (Wildman–Crippen LogP) is 1.94. The third-order valence-electron chi connectivity index (χ3n) is 1.10. The van der Waals surface area contributed by atoms with Gasteiger partial charge in [-0.15, -0.1) is 0 Å². The molecule has 0 saturated carbocycles. The molecule has 0 aliphatic heterocycles. The van der Waals surface area contributed by atoms with Crippen molar-refractivity contribution in [2.24, 2.45) is 0 Å². The Kier molecular flexibility index (Phi) is 19.7. The van der Waals surface area contributed by atoms with Crippen molar-refractivity contribution in [3.8, 4) is 0 Å². The largest absolute Gasteiger partial charge is 0.478 e. The second-order valence-electron chi connectivity index (χ2n) is 3.26. The quantitative estimate of drug-likeness (QED) is 0.542. The van der Waals surface area contributed by atoms with E-state index in [1.54, 1.807) is 0 Å². The van der Waals surface area contributed by atoms with Gasteiger partial charge in [-0.05, 0) is 20.8 Å². The van der Waals surface area contributed by atoms with Gasteiger partial charge in [0.1, 0.15) is 0 Å². The Morgan fingerprint density at radius 3 is 0.684 bits per heavy atom. The molecule has 0 rings (SSSR count). The Morgan fingerprint density at radius 1 is 0.632 bits per heavy atom. The summed E-state index contributed by atoms with van der Waals surface area (Å²) in [4.78, 5) is 28.8. The van der Waals surface area contributed by atoms with Gasteiger partial charge < -0.3 is 15.3 Å². The summed E-state index contributed by atoms with van der Waals surface area (Å²) in [5.41, 5.74) is 0.528. The smallest absolute Gasteiger partial charge is 0.330 e. The summed E-state index contributed by atoms with van der Waals surface area (Å²) in [6, 6.07) is 0. The molecule has 7 heteroatoms. The second kappa shape index (κ2) is 14.4. The topological polar surface area (TPSA) is 112 Å². The molecule has 0 heterocycles. The minimum absolute atomic E-state index is 0. The van der Waals surface area contributed by atoms with E-state index in [-0.39, 0.29) is 38.4 Å². The Labute approximate surface area is 127 Å². The standard InChI is InChI=1S/3C4H6O2.Ti/c3*1-3(2)4(5)6;/h3*1H2,2H3,(H,5,6);. The van der Waals surface area contributed by atoms with E-state index in [2.05, 4.69) is 19.7 Å². The van der Waals surface area contributed by atoms with E-state index in [1.165, 1.54) is 20.8 Å². The van der Waals surface area contributed by atoms with E-state index in [4.69, 9.17) is 15.3 Å². The van der Waals surface area contributed by atoms with Crippen LogP contribution < -0.4 is 0 Å². The SMILES string of the molecule is C=C(C)C(=O)O.C=C(C)C(=O)O.C=C(C)C(=O)O.[Ti]. The van der Waals surface area contributed by atoms with Crippen molar-refractivity contribution in [1.29, 1.82) is 0 Å². The van der Waals surface area contributed by atoms with Gasteiger partial charge in [0, 0.05) is 38.4 Å². The number of carboxylic acid groups (broad SMARTS) is 3. The van der Waals surface area contributed by atoms with E-state index >= 15 is 0 Å². The van der Waals surface area contributed by atoms with Gasteiger partial charge in [0.15, 0.2) is 0 Å². The van der Waals surface area contributed by atoms with Crippen LogP contribution in [-0.4, -0.2) is 33.2 Å². The van der Waals surface area contributed by atoms with Gasteiger partial charge in [0.25, 0.3) is 0 Å². The average Bonchev–Trinajstić information content (AvgIpc) is 2.18. The van der Waals surface area contributed by atoms with Crippen molar-refractivity contribution in [2.45, 2.75) is 20.8 Å². The molecule has 0 amide bonds. The van der Waals surface area contributed by atoms with Crippen molar-refractivity contribution in [3.63, 3.8) is 0 Å². The molecule has 0 saturated heterocycles. The molecule has 3 N–H and O–H groups in total. The van der Waals surface area contributed by atoms with Crippen LogP contribution in [0, 0.1) is 0 Å². The first kappa shape index (κ1) is 26.0. The van der Waals surface area contributed by atoms with Crippen molar-refractivity contribution in [1.82, 2.24) is 0 Å². The van der Waals surface area contributed by atoms with Crippen LogP contribution in [0.1, 0.15) is 20.8 Å². The maximum absolute atomic E-state index is 9.60. The van der Waals surface area contributed by atoms with E-state index in [9.17, 15) is 14.4 Å². The van der Waals surface area contributed by atoms with Crippen LogP contribution in [0.2, 0.25) is 0 Å². The van der Waals surface area contributed by atoms with E-state index in [0.717, 1.165) is 0 Å². The summed E-state index contributed by atoms with van der Waals surface area (Å²) in [5.74, 6) is -2.81. The molecule has 0 atom stereocenters. The number of aliphatic carboxylic acids is 3. The molecule has 0 aliphatic carbocycles. The van der Waals surface area contributed by atoms with Gasteiger partial charge in [-0.3, -0.25) is 0 Å². The van der Waals surface area contributed by atoms with Crippen molar-refractivity contribution in [2.75, 3.05) is 0 Å². The van der Waals surface area contributed by atoms with Crippen molar-refractivity contribution >= 4 is 17.9 Å². The normalized spacial score (nSPS) is 7.11. The molecule has 0 fully saturated rings. The zero-order valence-electron chi connectivity index (χ0n) is 11.2. The van der Waals surface area contributed by atoms with E-state index in [0.29, 0.717) is 0 Å². The molecular formula is C12H18O6Ti. The Morgan fingerprint density at radius 2 is 0.684 bits per heavy atom. The molecule has 0 unspecified atom stereocenters. The molecule has 19 heavy (non-hydrogen) atoms. The number of hydrogen-bond donors (Lipinski definition) is 3. The van der Waals surface area contributed by atoms with Crippen LogP contribution in [0.15, 0.2) is 36.5 Å². The number of hydrogen-bond acceptors (Lipinski definition) is 3. The van der Waals surface area contributed by atoms with Gasteiger partial charge >= 0.3 is 17.9 Å². The zero-order chi connectivity index (χ0) is 15.5. The molecule has 0 radical (unpaired) electrons. The van der Waals surface area contributed by atoms with Crippen LogP contribution in [0.5, 0.6) is 0 Å². The van der Waals surface area contributed by atoms with Gasteiger partial charge in [0.2, 0.25) is 0 Å². The third-order valence-corrected chi connectivity index (χ3v) is 1.10. The van der Waals surface area contributed by atoms with Crippen LogP contribution >= 0.6 is 0 Å². The van der Waals surface area contributed by atoms with Crippen molar-refractivity contribution < 1.29 is 51.4 Å². The number of rotatable bonds is 3. The predicted molar refractivity (Wildman–Crippen MR) is 67.3 cm³/mol. The maximum atomic E-state index is 9.60. The van der Waals surface area contributed by atoms with Crippen LogP contribution in [0.3, 0.4) is 0 Å². The molecule has 0 aromatic rings. The van der Waals surface area contributed by atoms with Gasteiger partial charge in [-0.1, -0.05) is 19.7 Å². The summed E-state index contributed by atoms with van der Waals surface area (Å²) < 4.78 is 0. The Hall–Kier alpha value is -1.66. The molecule has 0 bridgehead atoms. The fourth-order valence-corrected chi connectivity index (χ4v) is 0. The second-order valence-corrected chi connectivity index (χ2v) is 3.26. The van der Waals surface area contributed by atoms with Crippen molar-refractivity contribution in [3.05, 3.63) is 36.5 Å². The molecule has 0 spiro atoms. The summed E-state index contributed by atoms with van der Waals surface area (Å²) in [6.45, 7) is 13.8. The summed E-state index contributed by atoms with van der Waals surface area (Å²) >= 11 is 0. The molecule has 0 aromatic carbocycles. The fourth-order valence-electron chi connectivity index (χ4n) is 0. The number of carboxylic acids is 3. The first-order valence-corrected chi connectivity index (χ1v) is 4.59. The Balaban J connectivity index is -0.0000000865. The summed E-state index contributed by atoms with van der Waals surface area (Å²) in [5, 5.41) is 23.7. The zero-order valence-corrected chi connectivity index (χ0v) is 12.7. The first-order chi connectivity index (χ1) is 7.93. The summed E-state index contributed by atoms with van der Waals surface area (Å²) in [7, 11) is 0. The minimum atomic E-state index is -0.935. The molecule has 0 aromatic heterocycles. The Bertz CT molecular complexity index is 277. The fraction of sp³-hybridized carbons (Fsp3) is 0.250.